The van der Waals surface area contributed by atoms with Gasteiger partial charge in [0.1, 0.15) is 24.2 Å². The standard InChI is InChI=1S/C18H24N4O3/c1-14-11-17(20-19-14)18(24)22-9-7-21(8-10-22)12-15(23)13-25-16-5-3-2-4-6-16/h2-6,11,15,23H,7-10,12-13H2,1H3,(H,19,20)/t15-/m1/s1. The monoisotopic (exact) mass is 344 g/mol. The number of benzene rings is 1. The van der Waals surface area contributed by atoms with Crippen LogP contribution >= 0.6 is 0 Å². The largest absolute Gasteiger partial charge is 0.491 e. The number of ether oxygens (including phenoxy) is 1. The summed E-state index contributed by atoms with van der Waals surface area (Å²) in [4.78, 5) is 16.3. The molecule has 7 nitrogen and oxygen atoms in total. The van der Waals surface area contributed by atoms with Crippen molar-refractivity contribution in [1.29, 1.82) is 0 Å². The van der Waals surface area contributed by atoms with Crippen molar-refractivity contribution in [1.82, 2.24) is 20.0 Å². The molecule has 2 N–H and O–H groups in total. The van der Waals surface area contributed by atoms with Gasteiger partial charge in [0.2, 0.25) is 0 Å². The summed E-state index contributed by atoms with van der Waals surface area (Å²) in [5, 5.41) is 17.0. The van der Waals surface area contributed by atoms with Crippen molar-refractivity contribution in [3.63, 3.8) is 0 Å². The van der Waals surface area contributed by atoms with Crippen molar-refractivity contribution in [2.45, 2.75) is 13.0 Å². The van der Waals surface area contributed by atoms with Crippen LogP contribution in [0, 0.1) is 6.92 Å². The summed E-state index contributed by atoms with van der Waals surface area (Å²) in [6.07, 6.45) is -0.559. The van der Waals surface area contributed by atoms with Crippen LogP contribution in [0.1, 0.15) is 16.2 Å². The molecule has 1 atom stereocenters. The van der Waals surface area contributed by atoms with Crippen molar-refractivity contribution in [2.24, 2.45) is 0 Å². The molecule has 0 radical (unpaired) electrons. The number of β-amino-alcohol motifs (C(OH)–C–C–N with tert-alkyl or cyclic N) is 1. The molecule has 0 spiro atoms. The van der Waals surface area contributed by atoms with Crippen molar-refractivity contribution in [3.05, 3.63) is 47.8 Å². The fourth-order valence-corrected chi connectivity index (χ4v) is 2.88. The minimum absolute atomic E-state index is 0.0445. The van der Waals surface area contributed by atoms with E-state index in [2.05, 4.69) is 15.1 Å². The quantitative estimate of drug-likeness (QED) is 0.814. The summed E-state index contributed by atoms with van der Waals surface area (Å²) in [5.41, 5.74) is 1.34. The van der Waals surface area contributed by atoms with Gasteiger partial charge in [-0.15, -0.1) is 0 Å². The van der Waals surface area contributed by atoms with Gasteiger partial charge >= 0.3 is 0 Å². The lowest BCUT2D eigenvalue weighted by molar-refractivity contribution is 0.0401. The van der Waals surface area contributed by atoms with Crippen molar-refractivity contribution in [3.8, 4) is 5.75 Å². The van der Waals surface area contributed by atoms with Crippen LogP contribution in [0.2, 0.25) is 0 Å². The van der Waals surface area contributed by atoms with E-state index in [0.29, 0.717) is 25.3 Å². The van der Waals surface area contributed by atoms with Crippen LogP contribution in [-0.2, 0) is 0 Å². The lowest BCUT2D eigenvalue weighted by Gasteiger charge is -2.35. The number of aliphatic hydroxyl groups excluding tert-OH is 1. The van der Waals surface area contributed by atoms with Gasteiger partial charge in [0.25, 0.3) is 5.91 Å². The number of nitrogens with zero attached hydrogens (tertiary/aromatic N) is 3. The third-order valence-electron chi connectivity index (χ3n) is 4.24. The number of rotatable bonds is 6. The molecule has 0 bridgehead atoms. The lowest BCUT2D eigenvalue weighted by atomic mass is 10.2. The number of aryl methyl sites for hydroxylation is 1. The summed E-state index contributed by atoms with van der Waals surface area (Å²) in [5.74, 6) is 0.711. The second kappa shape index (κ2) is 8.13. The summed E-state index contributed by atoms with van der Waals surface area (Å²) < 4.78 is 5.58. The number of piperazine rings is 1. The van der Waals surface area contributed by atoms with E-state index in [1.165, 1.54) is 0 Å². The number of aromatic nitrogens is 2. The minimum atomic E-state index is -0.559. The summed E-state index contributed by atoms with van der Waals surface area (Å²) >= 11 is 0. The Hall–Kier alpha value is -2.38. The Balaban J connectivity index is 1.40. The first-order chi connectivity index (χ1) is 12.1. The molecule has 1 aliphatic heterocycles. The minimum Gasteiger partial charge on any atom is -0.491 e. The number of amides is 1. The van der Waals surface area contributed by atoms with Gasteiger partial charge < -0.3 is 14.7 Å². The molecule has 1 aromatic carbocycles. The first kappa shape index (κ1) is 17.4. The van der Waals surface area contributed by atoms with E-state index in [1.54, 1.807) is 11.0 Å². The maximum absolute atomic E-state index is 12.4. The third kappa shape index (κ3) is 4.80. The van der Waals surface area contributed by atoms with Gasteiger partial charge in [-0.3, -0.25) is 14.8 Å². The Morgan fingerprint density at radius 1 is 1.28 bits per heavy atom. The Morgan fingerprint density at radius 3 is 2.64 bits per heavy atom. The normalized spacial score (nSPS) is 16.6. The summed E-state index contributed by atoms with van der Waals surface area (Å²) in [6.45, 7) is 5.41. The molecule has 3 rings (SSSR count). The molecule has 0 aliphatic carbocycles. The number of aliphatic hydroxyl groups is 1. The number of carbonyl (C=O) groups is 1. The molecule has 25 heavy (non-hydrogen) atoms. The fraction of sp³-hybridized carbons (Fsp3) is 0.444. The van der Waals surface area contributed by atoms with Gasteiger partial charge in [-0.2, -0.15) is 5.10 Å². The van der Waals surface area contributed by atoms with Crippen LogP contribution in [0.3, 0.4) is 0 Å². The third-order valence-corrected chi connectivity index (χ3v) is 4.24. The first-order valence-corrected chi connectivity index (χ1v) is 8.51. The predicted molar refractivity (Wildman–Crippen MR) is 93.6 cm³/mol. The average molecular weight is 344 g/mol. The smallest absolute Gasteiger partial charge is 0.274 e. The van der Waals surface area contributed by atoms with E-state index in [0.717, 1.165) is 24.5 Å². The molecule has 2 aromatic rings. The van der Waals surface area contributed by atoms with E-state index in [9.17, 15) is 9.90 Å². The molecule has 0 saturated carbocycles. The van der Waals surface area contributed by atoms with Gasteiger partial charge in [0.05, 0.1) is 0 Å². The molecule has 1 aliphatic rings. The van der Waals surface area contributed by atoms with Crippen LogP contribution in [0.25, 0.3) is 0 Å². The number of H-pyrrole nitrogens is 1. The van der Waals surface area contributed by atoms with Crippen LogP contribution in [0.5, 0.6) is 5.75 Å². The number of para-hydroxylation sites is 1. The van der Waals surface area contributed by atoms with Crippen LogP contribution in [0.15, 0.2) is 36.4 Å². The Bertz CT molecular complexity index is 681. The molecule has 7 heteroatoms. The number of hydrogen-bond acceptors (Lipinski definition) is 5. The number of carbonyl (C=O) groups excluding carboxylic acids is 1. The molecule has 1 saturated heterocycles. The van der Waals surface area contributed by atoms with E-state index in [-0.39, 0.29) is 12.5 Å². The van der Waals surface area contributed by atoms with E-state index >= 15 is 0 Å². The summed E-state index contributed by atoms with van der Waals surface area (Å²) in [6, 6.07) is 11.2. The highest BCUT2D eigenvalue weighted by molar-refractivity contribution is 5.92. The van der Waals surface area contributed by atoms with E-state index < -0.39 is 6.10 Å². The SMILES string of the molecule is Cc1cc(C(=O)N2CCN(C[C@@H](O)COc3ccccc3)CC2)n[nH]1. The molecular weight excluding hydrogens is 320 g/mol. The molecule has 1 aromatic heterocycles. The number of aromatic amines is 1. The van der Waals surface area contributed by atoms with Crippen LogP contribution < -0.4 is 4.74 Å². The molecule has 1 fully saturated rings. The zero-order valence-electron chi connectivity index (χ0n) is 14.4. The maximum atomic E-state index is 12.4. The highest BCUT2D eigenvalue weighted by atomic mass is 16.5. The van der Waals surface area contributed by atoms with Crippen molar-refractivity contribution < 1.29 is 14.6 Å². The maximum Gasteiger partial charge on any atom is 0.274 e. The van der Waals surface area contributed by atoms with E-state index in [1.807, 2.05) is 37.3 Å². The Kier molecular flexibility index (Phi) is 5.67. The predicted octanol–water partition coefficient (Wildman–Crippen LogP) is 0.916. The highest BCUT2D eigenvalue weighted by Crippen LogP contribution is 2.11. The van der Waals surface area contributed by atoms with Gasteiger partial charge in [0.15, 0.2) is 0 Å². The fourth-order valence-electron chi connectivity index (χ4n) is 2.88. The van der Waals surface area contributed by atoms with Gasteiger partial charge in [0, 0.05) is 38.4 Å². The molecular formula is C18H24N4O3. The van der Waals surface area contributed by atoms with Gasteiger partial charge in [-0.25, -0.2) is 0 Å². The molecule has 0 unspecified atom stereocenters. The first-order valence-electron chi connectivity index (χ1n) is 8.51. The Labute approximate surface area is 147 Å². The van der Waals surface area contributed by atoms with Crippen LogP contribution in [-0.4, -0.2) is 76.4 Å². The number of hydrogen-bond donors (Lipinski definition) is 2. The second-order valence-corrected chi connectivity index (χ2v) is 6.31. The second-order valence-electron chi connectivity index (χ2n) is 6.31. The zero-order valence-corrected chi connectivity index (χ0v) is 14.4. The number of nitrogens with one attached hydrogen (secondary N) is 1. The van der Waals surface area contributed by atoms with Gasteiger partial charge in [-0.05, 0) is 25.1 Å². The molecule has 1 amide bonds. The van der Waals surface area contributed by atoms with E-state index in [4.69, 9.17) is 4.74 Å². The van der Waals surface area contributed by atoms with Crippen molar-refractivity contribution in [2.75, 3.05) is 39.3 Å². The molecule has 2 heterocycles. The van der Waals surface area contributed by atoms with Crippen LogP contribution in [0.4, 0.5) is 0 Å². The van der Waals surface area contributed by atoms with Crippen molar-refractivity contribution >= 4 is 5.91 Å². The summed E-state index contributed by atoms with van der Waals surface area (Å²) in [7, 11) is 0. The highest BCUT2D eigenvalue weighted by Gasteiger charge is 2.24. The zero-order chi connectivity index (χ0) is 17.6. The van der Waals surface area contributed by atoms with Gasteiger partial charge in [-0.1, -0.05) is 18.2 Å². The average Bonchev–Trinajstić information content (AvgIpc) is 3.07. The topological polar surface area (TPSA) is 81.7 Å². The molecule has 134 valence electrons. The lowest BCUT2D eigenvalue weighted by Crippen LogP contribution is -2.51. The Morgan fingerprint density at radius 2 is 2.00 bits per heavy atom.